The molecule has 2 heterocycles. The number of thioether (sulfide) groups is 1. The molecule has 1 N–H and O–H groups in total. The third-order valence-electron chi connectivity index (χ3n) is 5.16. The van der Waals surface area contributed by atoms with E-state index in [1.807, 2.05) is 12.2 Å². The van der Waals surface area contributed by atoms with E-state index in [1.54, 1.807) is 0 Å². The first-order valence-corrected chi connectivity index (χ1v) is 10.3. The third-order valence-corrected chi connectivity index (χ3v) is 5.99. The first kappa shape index (κ1) is 18.6. The van der Waals surface area contributed by atoms with Gasteiger partial charge in [0, 0.05) is 6.54 Å². The molecule has 0 bridgehead atoms. The zero-order valence-electron chi connectivity index (χ0n) is 15.6. The van der Waals surface area contributed by atoms with Gasteiger partial charge in [0.1, 0.15) is 12.4 Å². The predicted molar refractivity (Wildman–Crippen MR) is 116 cm³/mol. The van der Waals surface area contributed by atoms with E-state index in [0.29, 0.717) is 11.8 Å². The molecule has 4 rings (SSSR count). The lowest BCUT2D eigenvalue weighted by Crippen LogP contribution is -2.33. The Hall–Kier alpha value is -2.73. The molecule has 3 aliphatic rings. The monoisotopic (exact) mass is 387 g/mol. The van der Waals surface area contributed by atoms with E-state index in [0.717, 1.165) is 37.4 Å². The van der Waals surface area contributed by atoms with E-state index in [2.05, 4.69) is 56.9 Å². The molecule has 0 atom stereocenters. The Kier molecular flexibility index (Phi) is 5.67. The number of hydrogen-bond acceptors (Lipinski definition) is 4. The van der Waals surface area contributed by atoms with Crippen molar-refractivity contribution < 1.29 is 4.79 Å². The van der Waals surface area contributed by atoms with E-state index in [1.165, 1.54) is 28.5 Å². The number of aliphatic imine (C=N–C) groups is 1. The number of rotatable bonds is 4. The number of terminal acetylenes is 1. The number of likely N-dealkylation sites (tertiary alicyclic amines) is 1. The highest BCUT2D eigenvalue weighted by molar-refractivity contribution is 8.18. The molecule has 0 saturated carbocycles. The van der Waals surface area contributed by atoms with Crippen molar-refractivity contribution in [1.82, 2.24) is 10.2 Å². The van der Waals surface area contributed by atoms with Crippen LogP contribution in [-0.4, -0.2) is 35.6 Å². The van der Waals surface area contributed by atoms with Crippen LogP contribution in [0.5, 0.6) is 0 Å². The molecule has 0 spiro atoms. The molecule has 1 aromatic rings. The van der Waals surface area contributed by atoms with E-state index in [9.17, 15) is 4.79 Å². The normalized spacial score (nSPS) is 21.9. The Balaban J connectivity index is 1.38. The van der Waals surface area contributed by atoms with E-state index < -0.39 is 0 Å². The molecule has 0 radical (unpaired) electrons. The Morgan fingerprint density at radius 1 is 1.32 bits per heavy atom. The quantitative estimate of drug-likeness (QED) is 0.635. The number of hydrogen-bond donors (Lipinski definition) is 1. The molecule has 2 aliphatic heterocycles. The van der Waals surface area contributed by atoms with Gasteiger partial charge in [0.2, 0.25) is 0 Å². The average molecular weight is 388 g/mol. The van der Waals surface area contributed by atoms with Crippen LogP contribution in [-0.2, 0) is 6.54 Å². The zero-order valence-corrected chi connectivity index (χ0v) is 16.4. The number of nitrogens with one attached hydrogen (secondary N) is 1. The highest BCUT2D eigenvalue weighted by Gasteiger charge is 2.26. The molecule has 2 saturated heterocycles. The van der Waals surface area contributed by atoms with Crippen molar-refractivity contribution in [2.45, 2.75) is 19.4 Å². The maximum atomic E-state index is 11.7. The van der Waals surface area contributed by atoms with Gasteiger partial charge in [-0.15, -0.1) is 6.42 Å². The number of carbonyl (C=O) groups excluding carboxylic acids is 1. The van der Waals surface area contributed by atoms with Gasteiger partial charge in [0.25, 0.3) is 5.24 Å². The van der Waals surface area contributed by atoms with Gasteiger partial charge in [0.05, 0.1) is 4.91 Å². The molecule has 1 aliphatic carbocycles. The minimum atomic E-state index is -0.0792. The minimum Gasteiger partial charge on any atom is -0.300 e. The number of fused-ring (bicyclic) bond motifs is 1. The molecule has 1 aromatic carbocycles. The fourth-order valence-electron chi connectivity index (χ4n) is 3.73. The third kappa shape index (κ3) is 4.22. The molecule has 2 fully saturated rings. The van der Waals surface area contributed by atoms with Crippen LogP contribution in [0.1, 0.15) is 29.5 Å². The Labute approximate surface area is 169 Å². The van der Waals surface area contributed by atoms with E-state index in [4.69, 9.17) is 6.42 Å². The van der Waals surface area contributed by atoms with Crippen LogP contribution in [0.2, 0.25) is 0 Å². The van der Waals surface area contributed by atoms with Crippen LogP contribution in [0, 0.1) is 18.3 Å². The summed E-state index contributed by atoms with van der Waals surface area (Å²) >= 11 is 1.21. The molecule has 4 nitrogen and oxygen atoms in total. The van der Waals surface area contributed by atoms with Crippen molar-refractivity contribution in [2.75, 3.05) is 19.6 Å². The number of piperidine rings is 1. The fraction of sp³-hybridized carbons (Fsp3) is 0.304. The highest BCUT2D eigenvalue weighted by Crippen LogP contribution is 2.30. The summed E-state index contributed by atoms with van der Waals surface area (Å²) in [7, 11) is 0. The number of amides is 1. The number of amidine groups is 1. The van der Waals surface area contributed by atoms with Gasteiger partial charge in [0.15, 0.2) is 0 Å². The minimum absolute atomic E-state index is 0.0792. The molecule has 1 amide bonds. The van der Waals surface area contributed by atoms with E-state index in [-0.39, 0.29) is 11.8 Å². The Morgan fingerprint density at radius 3 is 2.96 bits per heavy atom. The van der Waals surface area contributed by atoms with Gasteiger partial charge in [-0.25, -0.2) is 0 Å². The molecule has 0 aromatic heterocycles. The first-order chi connectivity index (χ1) is 13.7. The maximum Gasteiger partial charge on any atom is 0.289 e. The Morgan fingerprint density at radius 2 is 2.14 bits per heavy atom. The van der Waals surface area contributed by atoms with Crippen LogP contribution in [0.15, 0.2) is 45.6 Å². The standard InChI is InChI=1S/C23H21N3OS/c1-2-12-24-22-21(28-23(27)25-22)15-17-10-13-26(14-11-17)16-19-8-5-7-18-6-3-4-9-20(18)19/h1,5-9,15,17H,10-14,16H2,(H,24,25,27)/b21-15-. The van der Waals surface area contributed by atoms with Crippen molar-refractivity contribution in [3.63, 3.8) is 0 Å². The maximum absolute atomic E-state index is 11.7. The molecule has 140 valence electrons. The van der Waals surface area contributed by atoms with Crippen LogP contribution >= 0.6 is 11.8 Å². The van der Waals surface area contributed by atoms with Crippen LogP contribution in [0.3, 0.4) is 0 Å². The van der Waals surface area contributed by atoms with E-state index >= 15 is 0 Å². The topological polar surface area (TPSA) is 44.7 Å². The zero-order chi connectivity index (χ0) is 19.3. The Bertz CT molecular complexity index is 993. The predicted octanol–water partition coefficient (Wildman–Crippen LogP) is 4.06. The van der Waals surface area contributed by atoms with Crippen molar-refractivity contribution in [3.8, 4) is 12.3 Å². The van der Waals surface area contributed by atoms with Crippen molar-refractivity contribution in [2.24, 2.45) is 10.9 Å². The lowest BCUT2D eigenvalue weighted by molar-refractivity contribution is 0.195. The largest absolute Gasteiger partial charge is 0.300 e. The fourth-order valence-corrected chi connectivity index (χ4v) is 4.55. The number of carbonyl (C=O) groups is 1. The number of nitrogens with zero attached hydrogens (tertiary/aromatic N) is 2. The molecular weight excluding hydrogens is 366 g/mol. The summed E-state index contributed by atoms with van der Waals surface area (Å²) in [5, 5.41) is 2.70. The van der Waals surface area contributed by atoms with Gasteiger partial charge in [-0.2, -0.15) is 0 Å². The summed E-state index contributed by atoms with van der Waals surface area (Å²) in [6, 6.07) is 6.43. The summed E-state index contributed by atoms with van der Waals surface area (Å²) in [6.07, 6.45) is 13.6. The summed E-state index contributed by atoms with van der Waals surface area (Å²) in [4.78, 5) is 19.4. The second kappa shape index (κ2) is 8.52. The lowest BCUT2D eigenvalue weighted by Gasteiger charge is -2.31. The molecule has 0 unspecified atom stereocenters. The van der Waals surface area contributed by atoms with Crippen molar-refractivity contribution >= 4 is 35.0 Å². The van der Waals surface area contributed by atoms with Crippen LogP contribution in [0.25, 0.3) is 12.2 Å². The molecule has 5 heteroatoms. The van der Waals surface area contributed by atoms with Crippen molar-refractivity contribution in [1.29, 1.82) is 0 Å². The van der Waals surface area contributed by atoms with Gasteiger partial charge < -0.3 is 5.32 Å². The van der Waals surface area contributed by atoms with Gasteiger partial charge in [-0.3, -0.25) is 14.7 Å². The summed E-state index contributed by atoms with van der Waals surface area (Å²) in [5.74, 6) is 3.57. The summed E-state index contributed by atoms with van der Waals surface area (Å²) in [6.45, 7) is 3.31. The second-order valence-corrected chi connectivity index (χ2v) is 8.04. The average Bonchev–Trinajstić information content (AvgIpc) is 3.07. The van der Waals surface area contributed by atoms with Crippen molar-refractivity contribution in [3.05, 3.63) is 57.3 Å². The molecular formula is C23H21N3OS. The molecule has 28 heavy (non-hydrogen) atoms. The number of benzene rings is 1. The SMILES string of the molecule is C#CCN=C1NC(=O)S/C1=C\C1CCN(Cc2cccc3c2C=C=C=C3)CC1. The van der Waals surface area contributed by atoms with Crippen LogP contribution < -0.4 is 5.32 Å². The summed E-state index contributed by atoms with van der Waals surface area (Å²) < 4.78 is 0. The highest BCUT2D eigenvalue weighted by atomic mass is 32.2. The number of allylic oxidation sites excluding steroid dienone is 1. The van der Waals surface area contributed by atoms with Gasteiger partial charge >= 0.3 is 0 Å². The lowest BCUT2D eigenvalue weighted by atomic mass is 9.94. The smallest absolute Gasteiger partial charge is 0.289 e. The van der Waals surface area contributed by atoms with Gasteiger partial charge in [-0.1, -0.05) is 41.7 Å². The van der Waals surface area contributed by atoms with Gasteiger partial charge in [-0.05, 0) is 72.5 Å². The first-order valence-electron chi connectivity index (χ1n) is 9.43. The van der Waals surface area contributed by atoms with Crippen LogP contribution in [0.4, 0.5) is 4.79 Å². The summed E-state index contributed by atoms with van der Waals surface area (Å²) in [5.41, 5.74) is 9.91. The second-order valence-electron chi connectivity index (χ2n) is 7.03.